The number of hydrogen-bond donors (Lipinski definition) is 0. The van der Waals surface area contributed by atoms with Gasteiger partial charge in [0.25, 0.3) is 0 Å². The summed E-state index contributed by atoms with van der Waals surface area (Å²) in [5.74, 6) is 0. The van der Waals surface area contributed by atoms with Gasteiger partial charge in [0.1, 0.15) is 0 Å². The summed E-state index contributed by atoms with van der Waals surface area (Å²) in [4.78, 5) is 2.44. The standard InChI is InChI=1S/C13H17BrClNS/c1-9-7-16(8-10(2)17-9)13-11(6-14)4-3-5-12(13)15/h3-5,9-10H,6-8H2,1-2H3. The van der Waals surface area contributed by atoms with E-state index in [0.717, 1.165) is 23.4 Å². The molecule has 2 atom stereocenters. The van der Waals surface area contributed by atoms with Gasteiger partial charge >= 0.3 is 0 Å². The average Bonchev–Trinajstić information content (AvgIpc) is 2.27. The van der Waals surface area contributed by atoms with E-state index in [9.17, 15) is 0 Å². The number of rotatable bonds is 2. The smallest absolute Gasteiger partial charge is 0.0642 e. The van der Waals surface area contributed by atoms with E-state index in [1.54, 1.807) is 0 Å². The van der Waals surface area contributed by atoms with E-state index in [4.69, 9.17) is 11.6 Å². The highest BCUT2D eigenvalue weighted by Crippen LogP contribution is 2.36. The van der Waals surface area contributed by atoms with Crippen molar-refractivity contribution in [3.05, 3.63) is 28.8 Å². The van der Waals surface area contributed by atoms with E-state index in [1.165, 1.54) is 11.3 Å². The zero-order valence-corrected chi connectivity index (χ0v) is 13.3. The number of alkyl halides is 1. The van der Waals surface area contributed by atoms with E-state index in [0.29, 0.717) is 10.5 Å². The van der Waals surface area contributed by atoms with Gasteiger partial charge in [0, 0.05) is 28.9 Å². The van der Waals surface area contributed by atoms with Crippen LogP contribution >= 0.6 is 39.3 Å². The lowest BCUT2D eigenvalue weighted by atomic mass is 10.1. The lowest BCUT2D eigenvalue weighted by molar-refractivity contribution is 0.726. The van der Waals surface area contributed by atoms with Gasteiger partial charge in [-0.3, -0.25) is 0 Å². The van der Waals surface area contributed by atoms with Gasteiger partial charge in [-0.05, 0) is 11.6 Å². The lowest BCUT2D eigenvalue weighted by Gasteiger charge is -2.37. The van der Waals surface area contributed by atoms with Crippen molar-refractivity contribution in [2.24, 2.45) is 0 Å². The fourth-order valence-corrected chi connectivity index (χ4v) is 4.47. The fourth-order valence-electron chi connectivity index (χ4n) is 2.38. The molecule has 2 unspecified atom stereocenters. The molecular formula is C13H17BrClNS. The van der Waals surface area contributed by atoms with Gasteiger partial charge in [-0.25, -0.2) is 0 Å². The Morgan fingerprint density at radius 3 is 2.59 bits per heavy atom. The molecule has 1 aliphatic rings. The Kier molecular flexibility index (Phi) is 4.67. The number of halogens is 2. The fraction of sp³-hybridized carbons (Fsp3) is 0.538. The first kappa shape index (κ1) is 13.6. The molecule has 17 heavy (non-hydrogen) atoms. The molecule has 0 spiro atoms. The van der Waals surface area contributed by atoms with E-state index in [2.05, 4.69) is 52.5 Å². The zero-order valence-electron chi connectivity index (χ0n) is 10.1. The van der Waals surface area contributed by atoms with Crippen LogP contribution in [0.1, 0.15) is 19.4 Å². The van der Waals surface area contributed by atoms with Crippen LogP contribution in [0.2, 0.25) is 5.02 Å². The van der Waals surface area contributed by atoms with Crippen LogP contribution in [0.3, 0.4) is 0 Å². The number of thioether (sulfide) groups is 1. The monoisotopic (exact) mass is 333 g/mol. The number of hydrogen-bond acceptors (Lipinski definition) is 2. The molecular weight excluding hydrogens is 318 g/mol. The highest BCUT2D eigenvalue weighted by Gasteiger charge is 2.25. The summed E-state index contributed by atoms with van der Waals surface area (Å²) in [6.07, 6.45) is 0. The van der Waals surface area contributed by atoms with Crippen LogP contribution in [0, 0.1) is 0 Å². The first-order valence-corrected chi connectivity index (χ1v) is 8.29. The Bertz CT molecular complexity index is 389. The summed E-state index contributed by atoms with van der Waals surface area (Å²) in [6, 6.07) is 6.15. The zero-order chi connectivity index (χ0) is 12.4. The van der Waals surface area contributed by atoms with Crippen LogP contribution in [-0.4, -0.2) is 23.6 Å². The number of anilines is 1. The second-order valence-electron chi connectivity index (χ2n) is 4.54. The van der Waals surface area contributed by atoms with E-state index >= 15 is 0 Å². The number of para-hydroxylation sites is 1. The summed E-state index contributed by atoms with van der Waals surface area (Å²) in [5.41, 5.74) is 2.49. The Morgan fingerprint density at radius 2 is 2.00 bits per heavy atom. The molecule has 1 aromatic rings. The molecule has 94 valence electrons. The summed E-state index contributed by atoms with van der Waals surface area (Å²) in [5, 5.41) is 3.06. The van der Waals surface area contributed by atoms with Crippen LogP contribution in [0.4, 0.5) is 5.69 Å². The van der Waals surface area contributed by atoms with Gasteiger partial charge < -0.3 is 4.90 Å². The largest absolute Gasteiger partial charge is 0.368 e. The van der Waals surface area contributed by atoms with Gasteiger partial charge in [-0.2, -0.15) is 11.8 Å². The van der Waals surface area contributed by atoms with Crippen molar-refractivity contribution in [1.29, 1.82) is 0 Å². The van der Waals surface area contributed by atoms with Crippen LogP contribution in [-0.2, 0) is 5.33 Å². The minimum absolute atomic E-state index is 0.665. The Morgan fingerprint density at radius 1 is 1.35 bits per heavy atom. The average molecular weight is 335 g/mol. The highest BCUT2D eigenvalue weighted by molar-refractivity contribution is 9.08. The quantitative estimate of drug-likeness (QED) is 0.729. The minimum atomic E-state index is 0.665. The molecule has 0 saturated carbocycles. The van der Waals surface area contributed by atoms with Crippen LogP contribution < -0.4 is 4.90 Å². The highest BCUT2D eigenvalue weighted by atomic mass is 79.9. The Labute approximate surface area is 121 Å². The van der Waals surface area contributed by atoms with Crippen molar-refractivity contribution in [3.63, 3.8) is 0 Å². The SMILES string of the molecule is CC1CN(c2c(Cl)cccc2CBr)CC(C)S1. The van der Waals surface area contributed by atoms with Gasteiger partial charge in [0.05, 0.1) is 10.7 Å². The van der Waals surface area contributed by atoms with Crippen molar-refractivity contribution >= 4 is 45.0 Å². The second-order valence-corrected chi connectivity index (χ2v) is 7.39. The van der Waals surface area contributed by atoms with Gasteiger partial charge in [0.15, 0.2) is 0 Å². The molecule has 2 rings (SSSR count). The maximum absolute atomic E-state index is 6.37. The molecule has 4 heteroatoms. The first-order chi connectivity index (χ1) is 8.11. The summed E-state index contributed by atoms with van der Waals surface area (Å²) < 4.78 is 0. The third kappa shape index (κ3) is 3.12. The summed E-state index contributed by atoms with van der Waals surface area (Å²) in [6.45, 7) is 6.74. The van der Waals surface area contributed by atoms with Crippen molar-refractivity contribution in [1.82, 2.24) is 0 Å². The van der Waals surface area contributed by atoms with Crippen molar-refractivity contribution in [2.45, 2.75) is 29.7 Å². The molecule has 0 amide bonds. The van der Waals surface area contributed by atoms with Crippen molar-refractivity contribution in [2.75, 3.05) is 18.0 Å². The normalized spacial score (nSPS) is 25.1. The lowest BCUT2D eigenvalue weighted by Crippen LogP contribution is -2.41. The molecule has 1 aliphatic heterocycles. The topological polar surface area (TPSA) is 3.24 Å². The number of benzene rings is 1. The minimum Gasteiger partial charge on any atom is -0.368 e. The Balaban J connectivity index is 2.32. The molecule has 0 N–H and O–H groups in total. The number of nitrogens with zero attached hydrogens (tertiary/aromatic N) is 1. The summed E-state index contributed by atoms with van der Waals surface area (Å²) >= 11 is 12.0. The molecule has 1 nitrogen and oxygen atoms in total. The molecule has 0 aromatic heterocycles. The van der Waals surface area contributed by atoms with E-state index < -0.39 is 0 Å². The second kappa shape index (κ2) is 5.85. The van der Waals surface area contributed by atoms with Crippen LogP contribution in [0.15, 0.2) is 18.2 Å². The molecule has 1 heterocycles. The van der Waals surface area contributed by atoms with Crippen LogP contribution in [0.5, 0.6) is 0 Å². The Hall–Kier alpha value is 0.140. The molecule has 1 saturated heterocycles. The molecule has 0 aliphatic carbocycles. The molecule has 1 aromatic carbocycles. The molecule has 0 radical (unpaired) electrons. The molecule has 1 fully saturated rings. The summed E-state index contributed by atoms with van der Waals surface area (Å²) in [7, 11) is 0. The van der Waals surface area contributed by atoms with Gasteiger partial charge in [-0.15, -0.1) is 0 Å². The third-order valence-electron chi connectivity index (χ3n) is 2.95. The van der Waals surface area contributed by atoms with Gasteiger partial charge in [-0.1, -0.05) is 53.5 Å². The predicted molar refractivity (Wildman–Crippen MR) is 82.8 cm³/mol. The predicted octanol–water partition coefficient (Wildman–Crippen LogP) is 4.57. The maximum Gasteiger partial charge on any atom is 0.0642 e. The van der Waals surface area contributed by atoms with Crippen LogP contribution in [0.25, 0.3) is 0 Å². The third-order valence-corrected chi connectivity index (χ3v) is 5.09. The maximum atomic E-state index is 6.37. The van der Waals surface area contributed by atoms with Crippen molar-refractivity contribution < 1.29 is 0 Å². The first-order valence-electron chi connectivity index (χ1n) is 5.85. The van der Waals surface area contributed by atoms with Gasteiger partial charge in [0.2, 0.25) is 0 Å². The van der Waals surface area contributed by atoms with E-state index in [-0.39, 0.29) is 0 Å². The van der Waals surface area contributed by atoms with E-state index in [1.807, 2.05) is 12.1 Å². The molecule has 0 bridgehead atoms. The van der Waals surface area contributed by atoms with Crippen molar-refractivity contribution in [3.8, 4) is 0 Å².